The fourth-order valence-corrected chi connectivity index (χ4v) is 3.93. The van der Waals surface area contributed by atoms with E-state index in [1.165, 1.54) is 23.0 Å². The number of nitrogens with one attached hydrogen (secondary N) is 2. The van der Waals surface area contributed by atoms with E-state index in [9.17, 15) is 19.2 Å². The molecule has 0 atom stereocenters. The van der Waals surface area contributed by atoms with Crippen molar-refractivity contribution in [1.82, 2.24) is 29.5 Å². The van der Waals surface area contributed by atoms with Crippen LogP contribution in [0.4, 0.5) is 0 Å². The second kappa shape index (κ2) is 10.7. The Kier molecular flexibility index (Phi) is 7.29. The standard InChI is InChI=1S/C26H25N7O4/c1-17(2)13-31-16-28-23-22(31)25(36)33(26(37)32(23)14-18-7-4-3-5-8-18)15-21(34)29-30-24(35)20-10-6-9-19(11-20)12-27/h3-11,16-17H,13-15H2,1-2H3,(H,29,34)(H,30,35). The fraction of sp³-hybridized carbons (Fsp3) is 0.231. The minimum atomic E-state index is -0.774. The van der Waals surface area contributed by atoms with Gasteiger partial charge in [0.15, 0.2) is 11.2 Å². The number of rotatable bonds is 7. The van der Waals surface area contributed by atoms with Crippen LogP contribution in [-0.2, 0) is 24.4 Å². The topological polar surface area (TPSA) is 144 Å². The molecule has 37 heavy (non-hydrogen) atoms. The van der Waals surface area contributed by atoms with Crippen molar-refractivity contribution in [2.75, 3.05) is 0 Å². The first kappa shape index (κ1) is 25.1. The van der Waals surface area contributed by atoms with Crippen molar-refractivity contribution < 1.29 is 9.59 Å². The van der Waals surface area contributed by atoms with E-state index < -0.39 is 29.6 Å². The lowest BCUT2D eigenvalue weighted by molar-refractivity contribution is -0.122. The summed E-state index contributed by atoms with van der Waals surface area (Å²) in [6.07, 6.45) is 1.52. The highest BCUT2D eigenvalue weighted by Crippen LogP contribution is 2.12. The molecule has 0 fully saturated rings. The summed E-state index contributed by atoms with van der Waals surface area (Å²) in [6.45, 7) is 4.02. The molecule has 2 aromatic heterocycles. The number of carbonyl (C=O) groups excluding carboxylic acids is 2. The summed E-state index contributed by atoms with van der Waals surface area (Å²) < 4.78 is 3.88. The zero-order valence-electron chi connectivity index (χ0n) is 20.3. The lowest BCUT2D eigenvalue weighted by Gasteiger charge is -2.14. The van der Waals surface area contributed by atoms with Crippen molar-refractivity contribution >= 4 is 23.0 Å². The second-order valence-electron chi connectivity index (χ2n) is 8.90. The summed E-state index contributed by atoms with van der Waals surface area (Å²) in [7, 11) is 0. The largest absolute Gasteiger partial charge is 0.333 e. The van der Waals surface area contributed by atoms with Crippen LogP contribution in [-0.4, -0.2) is 30.5 Å². The Labute approximate surface area is 211 Å². The lowest BCUT2D eigenvalue weighted by Crippen LogP contribution is -2.48. The van der Waals surface area contributed by atoms with Gasteiger partial charge in [0.25, 0.3) is 17.4 Å². The Morgan fingerprint density at radius 2 is 1.78 bits per heavy atom. The van der Waals surface area contributed by atoms with Crippen molar-refractivity contribution in [3.63, 3.8) is 0 Å². The molecule has 2 heterocycles. The van der Waals surface area contributed by atoms with Gasteiger partial charge in [0.2, 0.25) is 0 Å². The van der Waals surface area contributed by atoms with Gasteiger partial charge in [-0.15, -0.1) is 0 Å². The number of imidazole rings is 1. The van der Waals surface area contributed by atoms with Crippen molar-refractivity contribution in [3.05, 3.63) is 98.5 Å². The maximum Gasteiger partial charge on any atom is 0.333 e. The summed E-state index contributed by atoms with van der Waals surface area (Å²) in [5, 5.41) is 9.00. The molecule has 2 N–H and O–H groups in total. The van der Waals surface area contributed by atoms with Gasteiger partial charge < -0.3 is 4.57 Å². The number of carbonyl (C=O) groups is 2. The summed E-state index contributed by atoms with van der Waals surface area (Å²) >= 11 is 0. The molecule has 11 heteroatoms. The molecule has 4 rings (SSSR count). The van der Waals surface area contributed by atoms with Gasteiger partial charge in [0, 0.05) is 12.1 Å². The Morgan fingerprint density at radius 1 is 1.03 bits per heavy atom. The predicted molar refractivity (Wildman–Crippen MR) is 135 cm³/mol. The van der Waals surface area contributed by atoms with Crippen LogP contribution in [0.15, 0.2) is 70.5 Å². The third kappa shape index (κ3) is 5.48. The van der Waals surface area contributed by atoms with Gasteiger partial charge in [-0.25, -0.2) is 14.3 Å². The molecule has 0 unspecified atom stereocenters. The zero-order chi connectivity index (χ0) is 26.5. The van der Waals surface area contributed by atoms with Gasteiger partial charge in [0.1, 0.15) is 6.54 Å². The second-order valence-corrected chi connectivity index (χ2v) is 8.90. The molecule has 4 aromatic rings. The predicted octanol–water partition coefficient (Wildman–Crippen LogP) is 1.40. The fourth-order valence-electron chi connectivity index (χ4n) is 3.93. The van der Waals surface area contributed by atoms with E-state index in [4.69, 9.17) is 5.26 Å². The Balaban J connectivity index is 1.65. The first-order valence-corrected chi connectivity index (χ1v) is 11.6. The Morgan fingerprint density at radius 3 is 2.49 bits per heavy atom. The molecule has 0 radical (unpaired) electrons. The minimum Gasteiger partial charge on any atom is -0.324 e. The molecule has 2 aromatic carbocycles. The number of hydrogen-bond donors (Lipinski definition) is 2. The van der Waals surface area contributed by atoms with Crippen LogP contribution in [0.3, 0.4) is 0 Å². The van der Waals surface area contributed by atoms with Gasteiger partial charge in [-0.3, -0.25) is 29.8 Å². The minimum absolute atomic E-state index is 0.155. The van der Waals surface area contributed by atoms with Crippen LogP contribution in [0.5, 0.6) is 0 Å². The summed E-state index contributed by atoms with van der Waals surface area (Å²) in [5.74, 6) is -1.22. The first-order valence-electron chi connectivity index (χ1n) is 11.6. The Hall–Kier alpha value is -4.98. The van der Waals surface area contributed by atoms with E-state index in [1.54, 1.807) is 16.7 Å². The van der Waals surface area contributed by atoms with E-state index in [0.717, 1.165) is 10.1 Å². The van der Waals surface area contributed by atoms with Gasteiger partial charge in [-0.05, 0) is 29.7 Å². The molecule has 0 aliphatic carbocycles. The number of nitrogens with zero attached hydrogens (tertiary/aromatic N) is 5. The van der Waals surface area contributed by atoms with Crippen molar-refractivity contribution in [1.29, 1.82) is 5.26 Å². The molecule has 2 amide bonds. The van der Waals surface area contributed by atoms with E-state index in [1.807, 2.05) is 50.2 Å². The van der Waals surface area contributed by atoms with Crippen molar-refractivity contribution in [2.24, 2.45) is 5.92 Å². The molecular formula is C26H25N7O4. The van der Waals surface area contributed by atoms with Gasteiger partial charge in [0.05, 0.1) is 24.5 Å². The number of hydrazine groups is 1. The van der Waals surface area contributed by atoms with Crippen LogP contribution in [0, 0.1) is 17.2 Å². The van der Waals surface area contributed by atoms with E-state index >= 15 is 0 Å². The molecule has 0 saturated carbocycles. The molecule has 0 spiro atoms. The van der Waals surface area contributed by atoms with Crippen LogP contribution in [0.25, 0.3) is 11.2 Å². The average Bonchev–Trinajstić information content (AvgIpc) is 3.31. The van der Waals surface area contributed by atoms with Crippen molar-refractivity contribution in [3.8, 4) is 6.07 Å². The van der Waals surface area contributed by atoms with Crippen LogP contribution in [0.2, 0.25) is 0 Å². The number of amides is 2. The number of benzene rings is 2. The number of aromatic nitrogens is 4. The van der Waals surface area contributed by atoms with Gasteiger partial charge in [-0.2, -0.15) is 5.26 Å². The number of fused-ring (bicyclic) bond motifs is 1. The SMILES string of the molecule is CC(C)Cn1cnc2c1c(=O)n(CC(=O)NNC(=O)c1cccc(C#N)c1)c(=O)n2Cc1ccccc1. The van der Waals surface area contributed by atoms with E-state index in [-0.39, 0.29) is 34.8 Å². The maximum atomic E-state index is 13.4. The summed E-state index contributed by atoms with van der Waals surface area (Å²) in [5.41, 5.74) is 4.86. The molecule has 0 aliphatic rings. The first-order chi connectivity index (χ1) is 17.8. The third-order valence-electron chi connectivity index (χ3n) is 5.60. The van der Waals surface area contributed by atoms with Crippen LogP contribution < -0.4 is 22.1 Å². The lowest BCUT2D eigenvalue weighted by atomic mass is 10.1. The molecular weight excluding hydrogens is 474 g/mol. The summed E-state index contributed by atoms with van der Waals surface area (Å²) in [4.78, 5) is 56.1. The third-order valence-corrected chi connectivity index (χ3v) is 5.60. The molecule has 0 aliphatic heterocycles. The molecule has 11 nitrogen and oxygen atoms in total. The highest BCUT2D eigenvalue weighted by atomic mass is 16.2. The normalized spacial score (nSPS) is 10.9. The molecule has 0 saturated heterocycles. The van der Waals surface area contributed by atoms with Crippen LogP contribution in [0.1, 0.15) is 35.3 Å². The molecule has 188 valence electrons. The number of nitriles is 1. The Bertz CT molecular complexity index is 1620. The average molecular weight is 500 g/mol. The van der Waals surface area contributed by atoms with Gasteiger partial charge >= 0.3 is 5.69 Å². The smallest absolute Gasteiger partial charge is 0.324 e. The number of hydrogen-bond acceptors (Lipinski definition) is 6. The zero-order valence-corrected chi connectivity index (χ0v) is 20.3. The quantitative estimate of drug-likeness (QED) is 0.368. The molecule has 0 bridgehead atoms. The highest BCUT2D eigenvalue weighted by molar-refractivity contribution is 5.95. The van der Waals surface area contributed by atoms with E-state index in [2.05, 4.69) is 15.8 Å². The van der Waals surface area contributed by atoms with Crippen LogP contribution >= 0.6 is 0 Å². The maximum absolute atomic E-state index is 13.4. The highest BCUT2D eigenvalue weighted by Gasteiger charge is 2.20. The van der Waals surface area contributed by atoms with Crippen molar-refractivity contribution in [2.45, 2.75) is 33.5 Å². The summed E-state index contributed by atoms with van der Waals surface area (Å²) in [6, 6.07) is 17.1. The monoisotopic (exact) mass is 499 g/mol. The van der Waals surface area contributed by atoms with E-state index in [0.29, 0.717) is 6.54 Å². The van der Waals surface area contributed by atoms with Gasteiger partial charge in [-0.1, -0.05) is 50.2 Å².